The summed E-state index contributed by atoms with van der Waals surface area (Å²) in [6, 6.07) is 1.48. The second-order valence-corrected chi connectivity index (χ2v) is 7.67. The van der Waals surface area contributed by atoms with Crippen molar-refractivity contribution in [2.24, 2.45) is 0 Å². The molecule has 130 valence electrons. The summed E-state index contributed by atoms with van der Waals surface area (Å²) >= 11 is 0. The summed E-state index contributed by atoms with van der Waals surface area (Å²) in [5, 5.41) is 20.4. The Bertz CT molecular complexity index is 314. The maximum atomic E-state index is 10.3. The summed E-state index contributed by atoms with van der Waals surface area (Å²) in [6.07, 6.45) is 10.1. The monoisotopic (exact) mass is 312 g/mol. The first-order chi connectivity index (χ1) is 10.5. The van der Waals surface area contributed by atoms with E-state index in [2.05, 4.69) is 23.9 Å². The van der Waals surface area contributed by atoms with Crippen LogP contribution in [0.5, 0.6) is 0 Å². The molecule has 4 heteroatoms. The molecule has 2 fully saturated rings. The van der Waals surface area contributed by atoms with Crippen LogP contribution in [0.2, 0.25) is 0 Å². The van der Waals surface area contributed by atoms with Gasteiger partial charge >= 0.3 is 0 Å². The molecule has 3 unspecified atom stereocenters. The number of likely N-dealkylation sites (N-methyl/N-ethyl adjacent to an activating group) is 2. The van der Waals surface area contributed by atoms with Crippen molar-refractivity contribution in [2.75, 3.05) is 20.6 Å². The Morgan fingerprint density at radius 2 is 1.55 bits per heavy atom. The topological polar surface area (TPSA) is 46.9 Å². The molecular weight excluding hydrogens is 276 g/mol. The molecule has 0 aromatic heterocycles. The Morgan fingerprint density at radius 1 is 0.909 bits per heavy atom. The third kappa shape index (κ3) is 5.48. The molecule has 0 amide bonds. The zero-order chi connectivity index (χ0) is 16.1. The van der Waals surface area contributed by atoms with Gasteiger partial charge in [0.2, 0.25) is 0 Å². The summed E-state index contributed by atoms with van der Waals surface area (Å²) < 4.78 is 0. The van der Waals surface area contributed by atoms with E-state index in [-0.39, 0.29) is 18.2 Å². The fourth-order valence-electron chi connectivity index (χ4n) is 4.00. The molecule has 0 saturated heterocycles. The quantitative estimate of drug-likeness (QED) is 0.685. The first kappa shape index (κ1) is 18.2. The minimum atomic E-state index is -0.333. The fourth-order valence-corrected chi connectivity index (χ4v) is 4.00. The van der Waals surface area contributed by atoms with Crippen LogP contribution in [0.25, 0.3) is 0 Å². The molecular formula is C18H36N2O2. The van der Waals surface area contributed by atoms with Gasteiger partial charge < -0.3 is 15.1 Å². The Kier molecular flexibility index (Phi) is 7.13. The van der Waals surface area contributed by atoms with Crippen LogP contribution in [0, 0.1) is 0 Å². The average molecular weight is 312 g/mol. The van der Waals surface area contributed by atoms with Crippen LogP contribution < -0.4 is 0 Å². The minimum absolute atomic E-state index is 0.170. The minimum Gasteiger partial charge on any atom is -0.392 e. The highest BCUT2D eigenvalue weighted by molar-refractivity contribution is 4.85. The smallest absolute Gasteiger partial charge is 0.0667 e. The van der Waals surface area contributed by atoms with E-state index in [9.17, 15) is 10.2 Å². The summed E-state index contributed by atoms with van der Waals surface area (Å²) in [5.41, 5.74) is 0. The average Bonchev–Trinajstić information content (AvgIpc) is 3.32. The molecule has 4 nitrogen and oxygen atoms in total. The molecule has 0 aromatic carbocycles. The SMILES string of the molecule is CC(O)C(CCC(O)CN(C)C1CC1)N(C)C1CCCCC1. The van der Waals surface area contributed by atoms with E-state index in [0.29, 0.717) is 12.1 Å². The molecule has 2 saturated carbocycles. The maximum Gasteiger partial charge on any atom is 0.0667 e. The van der Waals surface area contributed by atoms with Gasteiger partial charge in [-0.05, 0) is 59.5 Å². The molecule has 0 aromatic rings. The third-order valence-electron chi connectivity index (χ3n) is 5.70. The molecule has 2 rings (SSSR count). The standard InChI is InChI=1S/C18H36N2O2/c1-14(21)18(20(3)16-7-5-4-6-8-16)12-11-17(22)13-19(2)15-9-10-15/h14-18,21-22H,4-13H2,1-3H3. The molecule has 2 N–H and O–H groups in total. The van der Waals surface area contributed by atoms with Gasteiger partial charge in [0.05, 0.1) is 12.2 Å². The van der Waals surface area contributed by atoms with Gasteiger partial charge in [-0.3, -0.25) is 4.90 Å². The van der Waals surface area contributed by atoms with E-state index in [0.717, 1.165) is 19.4 Å². The lowest BCUT2D eigenvalue weighted by atomic mass is 9.91. The molecule has 2 aliphatic carbocycles. The molecule has 0 radical (unpaired) electrons. The van der Waals surface area contributed by atoms with Gasteiger partial charge in [-0.1, -0.05) is 19.3 Å². The lowest BCUT2D eigenvalue weighted by Gasteiger charge is -2.39. The first-order valence-electron chi connectivity index (χ1n) is 9.27. The second-order valence-electron chi connectivity index (χ2n) is 7.67. The number of nitrogens with zero attached hydrogens (tertiary/aromatic N) is 2. The lowest BCUT2D eigenvalue weighted by molar-refractivity contribution is 0.0237. The highest BCUT2D eigenvalue weighted by atomic mass is 16.3. The van der Waals surface area contributed by atoms with Gasteiger partial charge in [0.1, 0.15) is 0 Å². The maximum absolute atomic E-state index is 10.3. The van der Waals surface area contributed by atoms with Crippen molar-refractivity contribution in [1.29, 1.82) is 0 Å². The first-order valence-corrected chi connectivity index (χ1v) is 9.27. The lowest BCUT2D eigenvalue weighted by Crippen LogP contribution is -2.47. The molecule has 0 heterocycles. The summed E-state index contributed by atoms with van der Waals surface area (Å²) in [6.45, 7) is 2.66. The van der Waals surface area contributed by atoms with Gasteiger partial charge in [-0.2, -0.15) is 0 Å². The predicted octanol–water partition coefficient (Wildman–Crippen LogP) is 2.24. The van der Waals surface area contributed by atoms with E-state index in [4.69, 9.17) is 0 Å². The highest BCUT2D eigenvalue weighted by Gasteiger charge is 2.30. The number of hydrogen-bond donors (Lipinski definition) is 2. The van der Waals surface area contributed by atoms with E-state index in [1.54, 1.807) is 0 Å². The number of hydrogen-bond acceptors (Lipinski definition) is 4. The molecule has 3 atom stereocenters. The largest absolute Gasteiger partial charge is 0.392 e. The Morgan fingerprint density at radius 3 is 2.09 bits per heavy atom. The molecule has 22 heavy (non-hydrogen) atoms. The normalized spacial score (nSPS) is 24.7. The number of rotatable bonds is 9. The van der Waals surface area contributed by atoms with Gasteiger partial charge in [-0.15, -0.1) is 0 Å². The van der Waals surface area contributed by atoms with Crippen molar-refractivity contribution in [1.82, 2.24) is 9.80 Å². The van der Waals surface area contributed by atoms with Crippen molar-refractivity contribution in [3.63, 3.8) is 0 Å². The van der Waals surface area contributed by atoms with Crippen molar-refractivity contribution in [3.8, 4) is 0 Å². The Hall–Kier alpha value is -0.160. The highest BCUT2D eigenvalue weighted by Crippen LogP contribution is 2.27. The Balaban J connectivity index is 1.77. The summed E-state index contributed by atoms with van der Waals surface area (Å²) in [7, 11) is 4.28. The predicted molar refractivity (Wildman–Crippen MR) is 91.0 cm³/mol. The van der Waals surface area contributed by atoms with Crippen LogP contribution in [-0.2, 0) is 0 Å². The van der Waals surface area contributed by atoms with E-state index in [1.807, 2.05) is 6.92 Å². The summed E-state index contributed by atoms with van der Waals surface area (Å²) in [4.78, 5) is 4.67. The fraction of sp³-hybridized carbons (Fsp3) is 1.00. The molecule has 0 bridgehead atoms. The summed E-state index contributed by atoms with van der Waals surface area (Å²) in [5.74, 6) is 0. The number of aliphatic hydroxyl groups is 2. The van der Waals surface area contributed by atoms with Crippen LogP contribution in [0.1, 0.15) is 64.7 Å². The van der Waals surface area contributed by atoms with Crippen LogP contribution >= 0.6 is 0 Å². The zero-order valence-corrected chi connectivity index (χ0v) is 14.7. The zero-order valence-electron chi connectivity index (χ0n) is 14.7. The van der Waals surface area contributed by atoms with Gasteiger partial charge in [0, 0.05) is 24.7 Å². The second kappa shape index (κ2) is 8.62. The van der Waals surface area contributed by atoms with Gasteiger partial charge in [0.15, 0.2) is 0 Å². The van der Waals surface area contributed by atoms with Crippen molar-refractivity contribution < 1.29 is 10.2 Å². The molecule has 0 aliphatic heterocycles. The van der Waals surface area contributed by atoms with Crippen LogP contribution in [0.15, 0.2) is 0 Å². The van der Waals surface area contributed by atoms with Crippen molar-refractivity contribution in [2.45, 2.75) is 95.0 Å². The number of aliphatic hydroxyl groups excluding tert-OH is 2. The van der Waals surface area contributed by atoms with E-state index in [1.165, 1.54) is 44.9 Å². The van der Waals surface area contributed by atoms with Crippen LogP contribution in [-0.4, -0.2) is 71.0 Å². The van der Waals surface area contributed by atoms with Gasteiger partial charge in [0.25, 0.3) is 0 Å². The third-order valence-corrected chi connectivity index (χ3v) is 5.70. The molecule has 2 aliphatic rings. The Labute approximate surface area is 136 Å². The van der Waals surface area contributed by atoms with Crippen molar-refractivity contribution >= 4 is 0 Å². The van der Waals surface area contributed by atoms with E-state index >= 15 is 0 Å². The van der Waals surface area contributed by atoms with E-state index < -0.39 is 0 Å². The molecule has 0 spiro atoms. The van der Waals surface area contributed by atoms with Crippen LogP contribution in [0.4, 0.5) is 0 Å². The van der Waals surface area contributed by atoms with Gasteiger partial charge in [-0.25, -0.2) is 0 Å². The van der Waals surface area contributed by atoms with Crippen LogP contribution in [0.3, 0.4) is 0 Å². The van der Waals surface area contributed by atoms with Crippen molar-refractivity contribution in [3.05, 3.63) is 0 Å².